The van der Waals surface area contributed by atoms with E-state index in [9.17, 15) is 0 Å². The maximum Gasteiger partial charge on any atom is -0.00248 e. The van der Waals surface area contributed by atoms with Crippen molar-refractivity contribution in [2.24, 2.45) is 0 Å². The van der Waals surface area contributed by atoms with Gasteiger partial charge in [-0.05, 0) is 27.1 Å². The Bertz CT molecular complexity index is 171. The van der Waals surface area contributed by atoms with Crippen LogP contribution in [0, 0.1) is 0 Å². The van der Waals surface area contributed by atoms with Crippen LogP contribution in [0.25, 0.3) is 0 Å². The zero-order chi connectivity index (χ0) is 14.9. The minimum absolute atomic E-state index is 0. The molecule has 0 aromatic rings. The molecule has 0 unspecified atom stereocenters. The molecule has 0 amide bonds. The Balaban J connectivity index is 0. The van der Waals surface area contributed by atoms with Crippen molar-refractivity contribution >= 4 is 12.4 Å². The second-order valence-corrected chi connectivity index (χ2v) is 6.75. The van der Waals surface area contributed by atoms with E-state index in [0.717, 1.165) is 0 Å². The monoisotopic (exact) mass is 319 g/mol. The predicted octanol–water partition coefficient (Wildman–Crippen LogP) is 6.84. The average Bonchev–Trinajstić information content (AvgIpc) is 2.43. The summed E-state index contributed by atoms with van der Waals surface area (Å²) in [6, 6.07) is 0. The minimum atomic E-state index is 0. The lowest BCUT2D eigenvalue weighted by atomic mass is 10.0. The Kier molecular flexibility index (Phi) is 22.7. The average molecular weight is 320 g/mol. The fourth-order valence-electron chi connectivity index (χ4n) is 2.80. The van der Waals surface area contributed by atoms with Gasteiger partial charge in [-0.25, -0.2) is 0 Å². The molecule has 0 radical (unpaired) electrons. The fourth-order valence-corrected chi connectivity index (χ4v) is 2.80. The van der Waals surface area contributed by atoms with Gasteiger partial charge >= 0.3 is 0 Å². The standard InChI is InChI=1S/C19H41N.ClH/c1-4-5-6-7-8-9-10-11-12-13-14-15-16-17-18-19-20(2)3;/h4-19H2,1-3H3;1H. The van der Waals surface area contributed by atoms with Gasteiger partial charge in [0.05, 0.1) is 0 Å². The molecule has 0 spiro atoms. The first-order chi connectivity index (χ1) is 9.77. The van der Waals surface area contributed by atoms with Crippen LogP contribution in [0.5, 0.6) is 0 Å². The normalized spacial score (nSPS) is 10.9. The number of rotatable bonds is 16. The summed E-state index contributed by atoms with van der Waals surface area (Å²) in [5.41, 5.74) is 0. The zero-order valence-electron chi connectivity index (χ0n) is 15.2. The lowest BCUT2D eigenvalue weighted by Crippen LogP contribution is -2.12. The van der Waals surface area contributed by atoms with Crippen LogP contribution in [0.2, 0.25) is 0 Å². The van der Waals surface area contributed by atoms with Crippen LogP contribution in [0.3, 0.4) is 0 Å². The summed E-state index contributed by atoms with van der Waals surface area (Å²) < 4.78 is 0. The van der Waals surface area contributed by atoms with Gasteiger partial charge in [-0.2, -0.15) is 0 Å². The van der Waals surface area contributed by atoms with Gasteiger partial charge in [0.15, 0.2) is 0 Å². The highest BCUT2D eigenvalue weighted by Crippen LogP contribution is 2.13. The third-order valence-electron chi connectivity index (χ3n) is 4.21. The Labute approximate surface area is 141 Å². The van der Waals surface area contributed by atoms with Crippen LogP contribution in [-0.4, -0.2) is 25.5 Å². The molecule has 0 fully saturated rings. The van der Waals surface area contributed by atoms with E-state index in [-0.39, 0.29) is 12.4 Å². The van der Waals surface area contributed by atoms with Gasteiger partial charge in [-0.15, -0.1) is 12.4 Å². The summed E-state index contributed by atoms with van der Waals surface area (Å²) in [7, 11) is 4.34. The van der Waals surface area contributed by atoms with Crippen molar-refractivity contribution in [3.8, 4) is 0 Å². The summed E-state index contributed by atoms with van der Waals surface area (Å²) in [5.74, 6) is 0. The Morgan fingerprint density at radius 2 is 0.762 bits per heavy atom. The van der Waals surface area contributed by atoms with Crippen molar-refractivity contribution < 1.29 is 0 Å². The van der Waals surface area contributed by atoms with E-state index in [1.165, 1.54) is 103 Å². The van der Waals surface area contributed by atoms with Crippen molar-refractivity contribution in [3.05, 3.63) is 0 Å². The molecule has 0 aliphatic heterocycles. The summed E-state index contributed by atoms with van der Waals surface area (Å²) in [4.78, 5) is 2.29. The highest BCUT2D eigenvalue weighted by molar-refractivity contribution is 5.85. The molecule has 0 aromatic carbocycles. The molecule has 0 bridgehead atoms. The van der Waals surface area contributed by atoms with E-state index >= 15 is 0 Å². The third kappa shape index (κ3) is 22.7. The zero-order valence-corrected chi connectivity index (χ0v) is 16.0. The smallest absolute Gasteiger partial charge is 0.00248 e. The maximum absolute atomic E-state index is 2.29. The predicted molar refractivity (Wildman–Crippen MR) is 101 cm³/mol. The van der Waals surface area contributed by atoms with Crippen LogP contribution in [0.15, 0.2) is 0 Å². The quantitative estimate of drug-likeness (QED) is 0.281. The Morgan fingerprint density at radius 1 is 0.476 bits per heavy atom. The molecule has 0 aliphatic carbocycles. The molecule has 0 saturated carbocycles. The first-order valence-corrected chi connectivity index (χ1v) is 9.42. The van der Waals surface area contributed by atoms with Crippen molar-refractivity contribution in [2.75, 3.05) is 20.6 Å². The largest absolute Gasteiger partial charge is 0.309 e. The van der Waals surface area contributed by atoms with E-state index < -0.39 is 0 Å². The van der Waals surface area contributed by atoms with Gasteiger partial charge in [0.25, 0.3) is 0 Å². The molecular formula is C19H42ClN. The van der Waals surface area contributed by atoms with Crippen LogP contribution in [0.1, 0.15) is 103 Å². The molecule has 0 rings (SSSR count). The van der Waals surface area contributed by atoms with E-state index in [1.807, 2.05) is 0 Å². The summed E-state index contributed by atoms with van der Waals surface area (Å²) in [6.45, 7) is 3.56. The maximum atomic E-state index is 2.29. The second kappa shape index (κ2) is 20.2. The molecule has 0 atom stereocenters. The van der Waals surface area contributed by atoms with Crippen molar-refractivity contribution in [2.45, 2.75) is 103 Å². The van der Waals surface area contributed by atoms with Crippen LogP contribution >= 0.6 is 12.4 Å². The molecule has 130 valence electrons. The first-order valence-electron chi connectivity index (χ1n) is 9.42. The van der Waals surface area contributed by atoms with E-state index in [4.69, 9.17) is 0 Å². The van der Waals surface area contributed by atoms with Crippen molar-refractivity contribution in [1.82, 2.24) is 4.90 Å². The van der Waals surface area contributed by atoms with Crippen LogP contribution < -0.4 is 0 Å². The van der Waals surface area contributed by atoms with E-state index in [2.05, 4.69) is 25.9 Å². The SMILES string of the molecule is CCCCCCCCCCCCCCCCCN(C)C.Cl. The summed E-state index contributed by atoms with van der Waals surface area (Å²) >= 11 is 0. The van der Waals surface area contributed by atoms with Crippen LogP contribution in [-0.2, 0) is 0 Å². The number of halogens is 1. The first kappa shape index (κ1) is 23.5. The Morgan fingerprint density at radius 3 is 1.05 bits per heavy atom. The molecule has 2 heteroatoms. The minimum Gasteiger partial charge on any atom is -0.309 e. The Hall–Kier alpha value is 0.250. The molecule has 0 N–H and O–H groups in total. The number of hydrogen-bond acceptors (Lipinski definition) is 1. The molecule has 21 heavy (non-hydrogen) atoms. The van der Waals surface area contributed by atoms with Crippen molar-refractivity contribution in [1.29, 1.82) is 0 Å². The number of hydrogen-bond donors (Lipinski definition) is 0. The van der Waals surface area contributed by atoms with E-state index in [0.29, 0.717) is 0 Å². The lowest BCUT2D eigenvalue weighted by molar-refractivity contribution is 0.389. The highest BCUT2D eigenvalue weighted by atomic mass is 35.5. The number of unbranched alkanes of at least 4 members (excludes halogenated alkanes) is 14. The molecule has 0 heterocycles. The lowest BCUT2D eigenvalue weighted by Gasteiger charge is -2.08. The second-order valence-electron chi connectivity index (χ2n) is 6.75. The van der Waals surface area contributed by atoms with Gasteiger partial charge < -0.3 is 4.90 Å². The molecule has 0 aliphatic rings. The summed E-state index contributed by atoms with van der Waals surface area (Å²) in [6.07, 6.45) is 21.8. The van der Waals surface area contributed by atoms with Gasteiger partial charge in [-0.1, -0.05) is 96.8 Å². The summed E-state index contributed by atoms with van der Waals surface area (Å²) in [5, 5.41) is 0. The number of nitrogens with zero attached hydrogens (tertiary/aromatic N) is 1. The van der Waals surface area contributed by atoms with Gasteiger partial charge in [0, 0.05) is 0 Å². The molecular weight excluding hydrogens is 278 g/mol. The molecule has 0 saturated heterocycles. The van der Waals surface area contributed by atoms with Gasteiger partial charge in [0.1, 0.15) is 0 Å². The fraction of sp³-hybridized carbons (Fsp3) is 1.00. The topological polar surface area (TPSA) is 3.24 Å². The van der Waals surface area contributed by atoms with Crippen molar-refractivity contribution in [3.63, 3.8) is 0 Å². The third-order valence-corrected chi connectivity index (χ3v) is 4.21. The molecule has 0 aromatic heterocycles. The molecule has 1 nitrogen and oxygen atoms in total. The van der Waals surface area contributed by atoms with Gasteiger partial charge in [0.2, 0.25) is 0 Å². The highest BCUT2D eigenvalue weighted by Gasteiger charge is 1.94. The van der Waals surface area contributed by atoms with E-state index in [1.54, 1.807) is 0 Å². The van der Waals surface area contributed by atoms with Gasteiger partial charge in [-0.3, -0.25) is 0 Å². The van der Waals surface area contributed by atoms with Crippen LogP contribution in [0.4, 0.5) is 0 Å².